The molecule has 1 fully saturated rings. The molecular formula is C92H117FN8O30. The highest BCUT2D eigenvalue weighted by molar-refractivity contribution is 5.96. The molecule has 10 N–H and O–H groups in total. The third-order valence-corrected chi connectivity index (χ3v) is 22.3. The average Bonchev–Trinajstić information content (AvgIpc) is 1.57. The number of aliphatic carboxylic acids is 1. The molecule has 39 heteroatoms. The van der Waals surface area contributed by atoms with Crippen molar-refractivity contribution < 1.29 is 144 Å². The molecule has 0 saturated carbocycles. The fourth-order valence-corrected chi connectivity index (χ4v) is 15.3. The lowest BCUT2D eigenvalue weighted by Gasteiger charge is -2.38. The van der Waals surface area contributed by atoms with Gasteiger partial charge in [0.05, 0.1) is 199 Å². The number of anilines is 1. The Hall–Kier alpha value is -10.6. The Morgan fingerprint density at radius 1 is 0.634 bits per heavy atom. The van der Waals surface area contributed by atoms with E-state index in [1.54, 1.807) is 25.9 Å². The number of alkyl carbamates (subject to hydrolysis) is 1. The number of carbonyl (C=O) groups is 8. The number of pyridine rings is 2. The highest BCUT2D eigenvalue weighted by Gasteiger charge is 2.49. The molecule has 6 heterocycles. The van der Waals surface area contributed by atoms with Crippen LogP contribution < -0.4 is 41.8 Å². The number of aromatic nitrogens is 2. The summed E-state index contributed by atoms with van der Waals surface area (Å²) in [5, 5.41) is 67.8. The summed E-state index contributed by atoms with van der Waals surface area (Å²) < 4.78 is 105. The average molecular weight is 1830 g/mol. The van der Waals surface area contributed by atoms with Gasteiger partial charge in [0.2, 0.25) is 35.8 Å². The van der Waals surface area contributed by atoms with Gasteiger partial charge in [-0.1, -0.05) is 55.2 Å². The Morgan fingerprint density at radius 3 is 1.83 bits per heavy atom. The van der Waals surface area contributed by atoms with Gasteiger partial charge in [-0.3, -0.25) is 28.8 Å². The number of hydrogen-bond donors (Lipinski definition) is 10. The molecule has 1 saturated heterocycles. The summed E-state index contributed by atoms with van der Waals surface area (Å²) in [7, 11) is 1.62. The maximum atomic E-state index is 15.7. The van der Waals surface area contributed by atoms with Gasteiger partial charge in [-0.05, 0) is 103 Å². The van der Waals surface area contributed by atoms with Crippen LogP contribution in [0.3, 0.4) is 0 Å². The molecule has 38 nitrogen and oxygen atoms in total. The summed E-state index contributed by atoms with van der Waals surface area (Å²) >= 11 is 0. The van der Waals surface area contributed by atoms with Gasteiger partial charge >= 0.3 is 18.0 Å². The van der Waals surface area contributed by atoms with Crippen LogP contribution in [0.1, 0.15) is 126 Å². The predicted molar refractivity (Wildman–Crippen MR) is 463 cm³/mol. The molecule has 0 spiro atoms. The second-order valence-corrected chi connectivity index (χ2v) is 31.3. The summed E-state index contributed by atoms with van der Waals surface area (Å²) in [6.07, 6.45) is -10.5. The number of aliphatic hydroxyl groups excluding tert-OH is 3. The number of aryl methyl sites for hydroxylation is 1. The minimum atomic E-state index is -2.12. The van der Waals surface area contributed by atoms with Gasteiger partial charge < -0.3 is 137 Å². The highest BCUT2D eigenvalue weighted by atomic mass is 19.1. The van der Waals surface area contributed by atoms with Crippen LogP contribution >= 0.6 is 0 Å². The van der Waals surface area contributed by atoms with Crippen molar-refractivity contribution >= 4 is 64.2 Å². The van der Waals surface area contributed by atoms with Gasteiger partial charge in [-0.25, -0.2) is 23.8 Å². The van der Waals surface area contributed by atoms with E-state index in [4.69, 9.17) is 80.8 Å². The number of nitrogens with zero attached hydrogens (tertiary/aromatic N) is 3. The van der Waals surface area contributed by atoms with Gasteiger partial charge in [0.25, 0.3) is 5.56 Å². The van der Waals surface area contributed by atoms with Gasteiger partial charge in [-0.15, -0.1) is 0 Å². The summed E-state index contributed by atoms with van der Waals surface area (Å²) in [5.41, 5.74) is 3.84. The first-order chi connectivity index (χ1) is 63.6. The van der Waals surface area contributed by atoms with E-state index in [9.17, 15) is 68.7 Å². The van der Waals surface area contributed by atoms with Crippen LogP contribution in [-0.2, 0) is 149 Å². The molecule has 0 radical (unpaired) electrons. The minimum absolute atomic E-state index is 0.0182. The second kappa shape index (κ2) is 52.0. The number of benzene rings is 4. The number of halogens is 1. The lowest BCUT2D eigenvalue weighted by molar-refractivity contribution is -0.271. The van der Waals surface area contributed by atoms with Crippen molar-refractivity contribution in [3.05, 3.63) is 156 Å². The number of methoxy groups -OCH3 is 1. The molecule has 0 bridgehead atoms. The summed E-state index contributed by atoms with van der Waals surface area (Å²) in [5.74, 6) is 0.423. The number of carboxylic acid groups (broad SMARTS) is 1. The number of esters is 1. The molecule has 5 aliphatic rings. The van der Waals surface area contributed by atoms with E-state index >= 15 is 4.39 Å². The fourth-order valence-electron chi connectivity index (χ4n) is 15.3. The lowest BCUT2D eigenvalue weighted by Crippen LogP contribution is -2.61. The molecule has 6 amide bonds. The number of carbonyl (C=O) groups excluding carboxylic acids is 7. The van der Waals surface area contributed by atoms with Gasteiger partial charge in [-0.2, -0.15) is 0 Å². The Kier molecular flexibility index (Phi) is 40.1. The van der Waals surface area contributed by atoms with Crippen molar-refractivity contribution in [2.75, 3.05) is 177 Å². The second-order valence-electron chi connectivity index (χ2n) is 31.3. The Morgan fingerprint density at radius 2 is 1.21 bits per heavy atom. The zero-order valence-corrected chi connectivity index (χ0v) is 73.8. The van der Waals surface area contributed by atoms with Crippen LogP contribution in [0.2, 0.25) is 0 Å². The van der Waals surface area contributed by atoms with E-state index in [2.05, 4.69) is 38.4 Å². The van der Waals surface area contributed by atoms with Crippen LogP contribution in [0.15, 0.2) is 83.7 Å². The number of fused-ring (bicyclic) bond motifs is 7. The first kappa shape index (κ1) is 101. The number of aliphatic hydroxyl groups is 4. The van der Waals surface area contributed by atoms with Gasteiger partial charge in [0, 0.05) is 91.7 Å². The summed E-state index contributed by atoms with van der Waals surface area (Å²) in [4.78, 5) is 129. The molecule has 4 aliphatic heterocycles. The quantitative estimate of drug-likeness (QED) is 0.0149. The first-order valence-electron chi connectivity index (χ1n) is 44.0. The maximum Gasteiger partial charge on any atom is 0.407 e. The number of carboxylic acids is 1. The number of cyclic esters (lactones) is 1. The SMILES string of the molecule is CC[C@@]1(O)C(=O)OCc2c1cc1n(c2=O)Cc2c-1nc1cc(F)c(C)c3c1c2C(NC(=O)OCc1ccc(OC2O[C@H](C(=O)O)[C@@H](O)[C@H](O)[C@H]2O)c(CNC(=O)CCNC(=O)[C@H](CNC(=O)CCOCCOCCOCCOCCOCCOCCOCCOCCOCCOCCOCCOC)NC(=O)CCCCC(=O)N2Cc4ccccc4C#Cc4ccccc42)c1)CC3. The number of nitrogens with one attached hydrogen (secondary N) is 5. The number of amides is 6. The third-order valence-electron chi connectivity index (χ3n) is 22.3. The zero-order chi connectivity index (χ0) is 93.0. The minimum Gasteiger partial charge on any atom is -0.479 e. The molecule has 8 atom stereocenters. The number of unbranched alkanes of at least 4 members (excludes halogenated alkanes) is 1. The number of ether oxygens (including phenoxy) is 16. The molecule has 6 aromatic rings. The monoisotopic (exact) mass is 1830 g/mol. The maximum absolute atomic E-state index is 15.7. The summed E-state index contributed by atoms with van der Waals surface area (Å²) in [6.45, 7) is 10.5. The Bertz CT molecular complexity index is 4990. The third kappa shape index (κ3) is 28.7. The van der Waals surface area contributed by atoms with E-state index in [0.717, 1.165) is 11.1 Å². The lowest BCUT2D eigenvalue weighted by atomic mass is 9.81. The molecule has 1 aliphatic carbocycles. The van der Waals surface area contributed by atoms with E-state index in [1.165, 1.54) is 34.9 Å². The summed E-state index contributed by atoms with van der Waals surface area (Å²) in [6, 6.07) is 19.8. The molecular weight excluding hydrogens is 1720 g/mol. The van der Waals surface area contributed by atoms with E-state index in [1.807, 2.05) is 48.5 Å². The Balaban J connectivity index is 0.628. The highest BCUT2D eigenvalue weighted by Crippen LogP contribution is 2.46. The van der Waals surface area contributed by atoms with E-state index in [-0.39, 0.29) is 156 Å². The van der Waals surface area contributed by atoms with Crippen molar-refractivity contribution in [3.8, 4) is 29.0 Å². The molecule has 131 heavy (non-hydrogen) atoms. The van der Waals surface area contributed by atoms with Crippen LogP contribution in [-0.4, -0.2) is 292 Å². The van der Waals surface area contributed by atoms with Crippen molar-refractivity contribution in [2.24, 2.45) is 0 Å². The van der Waals surface area contributed by atoms with E-state index < -0.39 is 108 Å². The van der Waals surface area contributed by atoms with Gasteiger partial charge in [0.15, 0.2) is 11.7 Å². The smallest absolute Gasteiger partial charge is 0.407 e. The van der Waals surface area contributed by atoms with Crippen molar-refractivity contribution in [2.45, 2.75) is 153 Å². The normalized spacial score (nSPS) is 18.3. The van der Waals surface area contributed by atoms with Gasteiger partial charge in [0.1, 0.15) is 49.1 Å². The van der Waals surface area contributed by atoms with E-state index in [0.29, 0.717) is 183 Å². The van der Waals surface area contributed by atoms with Crippen LogP contribution in [0.25, 0.3) is 22.3 Å². The number of hydrogen-bond acceptors (Lipinski definition) is 30. The van der Waals surface area contributed by atoms with Crippen molar-refractivity contribution in [1.29, 1.82) is 0 Å². The largest absolute Gasteiger partial charge is 0.479 e. The molecule has 2 aromatic heterocycles. The van der Waals surface area contributed by atoms with Crippen LogP contribution in [0, 0.1) is 24.6 Å². The molecule has 2 unspecified atom stereocenters. The predicted octanol–water partition coefficient (Wildman–Crippen LogP) is 3.16. The standard InChI is InChI=1S/C92H117FN8O30/c1-4-92(115)67-50-73-81-65(55-101(73)87(110)66(67)57-128-90(92)113)80-69(21-20-64-58(2)68(93)51-70(98-81)79(64)80)99-91(114)129-56-59-17-22-74(130-89-84(108)82(106)83(107)85(131-89)88(111)112)63(49-59)52-95-75(102)23-25-94-86(109)71(97-77(104)15-9-10-16-78(105)100-54-62-13-6-5-11-60(62)18-19-61-12-7-8-14-72(61)100)53-96-76(103)24-26-117-29-30-119-33-34-121-37-38-123-41-42-125-45-46-127-48-47-126-44-43-124-40-39-122-36-35-120-32-31-118-28-27-116-3/h5-8,11-14,17,22,49-51,69,71,82-85,89,106-108,115H,4,9-10,15-16,20-21,23-48,52-57H2,1-3H3,(H,94,109)(H,95,102)(H,96,103)(H,97,104)(H,99,114)(H,111,112)/t69?,71-,82-,83-,84+,85-,89?,92-/m0/s1. The zero-order valence-electron chi connectivity index (χ0n) is 73.8. The fraction of sp³-hybridized carbons (Fsp3) is 0.543. The first-order valence-corrected chi connectivity index (χ1v) is 44.0. The number of rotatable bonds is 57. The van der Waals surface area contributed by atoms with Crippen molar-refractivity contribution in [1.82, 2.24) is 36.1 Å². The Labute approximate surface area is 756 Å². The molecule has 4 aromatic carbocycles. The van der Waals surface area contributed by atoms with Crippen LogP contribution in [0.4, 0.5) is 14.9 Å². The van der Waals surface area contributed by atoms with Crippen LogP contribution in [0.5, 0.6) is 5.75 Å². The molecule has 712 valence electrons. The van der Waals surface area contributed by atoms with Crippen molar-refractivity contribution in [3.63, 3.8) is 0 Å². The molecule has 11 rings (SSSR count). The number of para-hydroxylation sites is 1. The topological polar surface area (TPSA) is 484 Å².